The average Bonchev–Trinajstić information content (AvgIpc) is 2.40. The van der Waals surface area contributed by atoms with Gasteiger partial charge in [-0.15, -0.1) is 0 Å². The molecule has 1 aromatic rings. The Bertz CT molecular complexity index is 433. The Morgan fingerprint density at radius 3 is 2.74 bits per heavy atom. The second-order valence-corrected chi connectivity index (χ2v) is 4.91. The summed E-state index contributed by atoms with van der Waals surface area (Å²) in [6.07, 6.45) is 0.145. The zero-order valence-electron chi connectivity index (χ0n) is 11.3. The number of anilines is 1. The van der Waals surface area contributed by atoms with E-state index >= 15 is 0 Å². The summed E-state index contributed by atoms with van der Waals surface area (Å²) in [5.74, 6) is 0.0431. The molecule has 0 aliphatic carbocycles. The van der Waals surface area contributed by atoms with E-state index in [4.69, 9.17) is 9.84 Å². The molecule has 2 N–H and O–H groups in total. The highest BCUT2D eigenvalue weighted by atomic mass is 16.5. The van der Waals surface area contributed by atoms with Crippen LogP contribution in [0.2, 0.25) is 0 Å². The molecule has 1 aliphatic heterocycles. The van der Waals surface area contributed by atoms with Crippen LogP contribution in [-0.4, -0.2) is 43.4 Å². The molecule has 1 aliphatic rings. The van der Waals surface area contributed by atoms with Crippen molar-refractivity contribution < 1.29 is 14.6 Å². The molecule has 2 atom stereocenters. The molecule has 0 amide bonds. The molecule has 0 saturated carbocycles. The molecule has 0 radical (unpaired) electrons. The lowest BCUT2D eigenvalue weighted by atomic mass is 10.1. The molecule has 1 saturated heterocycles. The summed E-state index contributed by atoms with van der Waals surface area (Å²) in [5, 5.41) is 12.3. The lowest BCUT2D eigenvalue weighted by Gasteiger charge is -2.40. The van der Waals surface area contributed by atoms with E-state index in [0.29, 0.717) is 12.6 Å². The largest absolute Gasteiger partial charge is 0.497 e. The molecule has 1 fully saturated rings. The quantitative estimate of drug-likeness (QED) is 0.859. The third kappa shape index (κ3) is 3.38. The van der Waals surface area contributed by atoms with Crippen molar-refractivity contribution in [1.82, 2.24) is 5.32 Å². The summed E-state index contributed by atoms with van der Waals surface area (Å²) in [5.41, 5.74) is 1.04. The fourth-order valence-corrected chi connectivity index (χ4v) is 2.43. The van der Waals surface area contributed by atoms with Gasteiger partial charge in [0.25, 0.3) is 0 Å². The number of carbonyl (C=O) groups is 1. The van der Waals surface area contributed by atoms with Crippen LogP contribution in [0.3, 0.4) is 0 Å². The SMILES string of the molecule is COc1ccc(N2CC(C)NCC2CC(=O)O)cc1. The van der Waals surface area contributed by atoms with E-state index in [9.17, 15) is 4.79 Å². The summed E-state index contributed by atoms with van der Waals surface area (Å²) in [6.45, 7) is 3.61. The van der Waals surface area contributed by atoms with Gasteiger partial charge in [-0.1, -0.05) is 0 Å². The molecule has 1 heterocycles. The van der Waals surface area contributed by atoms with Gasteiger partial charge in [0.2, 0.25) is 0 Å². The van der Waals surface area contributed by atoms with Crippen molar-refractivity contribution in [2.45, 2.75) is 25.4 Å². The Labute approximate surface area is 113 Å². The number of methoxy groups -OCH3 is 1. The van der Waals surface area contributed by atoms with Crippen LogP contribution in [0, 0.1) is 0 Å². The van der Waals surface area contributed by atoms with E-state index in [2.05, 4.69) is 17.1 Å². The van der Waals surface area contributed by atoms with E-state index in [1.165, 1.54) is 0 Å². The number of carboxylic acids is 1. The zero-order chi connectivity index (χ0) is 13.8. The summed E-state index contributed by atoms with van der Waals surface area (Å²) in [7, 11) is 1.63. The smallest absolute Gasteiger partial charge is 0.305 e. The molecule has 1 aromatic carbocycles. The second-order valence-electron chi connectivity index (χ2n) is 4.91. The van der Waals surface area contributed by atoms with Crippen molar-refractivity contribution in [1.29, 1.82) is 0 Å². The minimum atomic E-state index is -0.764. The van der Waals surface area contributed by atoms with Crippen molar-refractivity contribution in [3.63, 3.8) is 0 Å². The summed E-state index contributed by atoms with van der Waals surface area (Å²) < 4.78 is 5.14. The lowest BCUT2D eigenvalue weighted by molar-refractivity contribution is -0.137. The lowest BCUT2D eigenvalue weighted by Crippen LogP contribution is -2.56. The standard InChI is InChI=1S/C14H20N2O3/c1-10-9-16(12(8-15-10)7-14(17)18)11-3-5-13(19-2)6-4-11/h3-6,10,12,15H,7-9H2,1-2H3,(H,17,18). The van der Waals surface area contributed by atoms with Crippen LogP contribution in [-0.2, 0) is 4.79 Å². The number of nitrogens with one attached hydrogen (secondary N) is 1. The summed E-state index contributed by atoms with van der Waals surface area (Å²) in [4.78, 5) is 13.1. The Morgan fingerprint density at radius 2 is 2.16 bits per heavy atom. The molecular weight excluding hydrogens is 244 g/mol. The van der Waals surface area contributed by atoms with Crippen molar-refractivity contribution in [2.75, 3.05) is 25.1 Å². The molecular formula is C14H20N2O3. The van der Waals surface area contributed by atoms with Crippen molar-refractivity contribution in [2.24, 2.45) is 0 Å². The van der Waals surface area contributed by atoms with E-state index in [1.807, 2.05) is 24.3 Å². The van der Waals surface area contributed by atoms with E-state index in [1.54, 1.807) is 7.11 Å². The molecule has 104 valence electrons. The van der Waals surface area contributed by atoms with Gasteiger partial charge in [0.05, 0.1) is 19.6 Å². The summed E-state index contributed by atoms with van der Waals surface area (Å²) >= 11 is 0. The second kappa shape index (κ2) is 5.93. The summed E-state index contributed by atoms with van der Waals surface area (Å²) in [6, 6.07) is 8.10. The van der Waals surface area contributed by atoms with Crippen LogP contribution >= 0.6 is 0 Å². The van der Waals surface area contributed by atoms with Gasteiger partial charge in [0.15, 0.2) is 0 Å². The van der Waals surface area contributed by atoms with Gasteiger partial charge in [-0.25, -0.2) is 0 Å². The van der Waals surface area contributed by atoms with Gasteiger partial charge >= 0.3 is 5.97 Å². The van der Waals surface area contributed by atoms with E-state index < -0.39 is 5.97 Å². The first-order valence-corrected chi connectivity index (χ1v) is 6.46. The first kappa shape index (κ1) is 13.7. The molecule has 0 spiro atoms. The number of hydrogen-bond donors (Lipinski definition) is 2. The third-order valence-electron chi connectivity index (χ3n) is 3.43. The van der Waals surface area contributed by atoms with Crippen LogP contribution in [0.5, 0.6) is 5.75 Å². The number of carboxylic acid groups (broad SMARTS) is 1. The number of piperazine rings is 1. The maximum Gasteiger partial charge on any atom is 0.305 e. The van der Waals surface area contributed by atoms with E-state index in [-0.39, 0.29) is 12.5 Å². The van der Waals surface area contributed by atoms with Gasteiger partial charge in [0, 0.05) is 24.8 Å². The predicted octanol–water partition coefficient (Wildman–Crippen LogP) is 1.34. The Kier molecular flexibility index (Phi) is 4.27. The maximum absolute atomic E-state index is 11.0. The fourth-order valence-electron chi connectivity index (χ4n) is 2.43. The van der Waals surface area contributed by atoms with Gasteiger partial charge in [-0.3, -0.25) is 4.79 Å². The minimum absolute atomic E-state index is 0.0119. The van der Waals surface area contributed by atoms with Crippen LogP contribution in [0.25, 0.3) is 0 Å². The molecule has 5 heteroatoms. The first-order chi connectivity index (χ1) is 9.10. The Balaban J connectivity index is 2.17. The topological polar surface area (TPSA) is 61.8 Å². The highest BCUT2D eigenvalue weighted by Gasteiger charge is 2.27. The zero-order valence-corrected chi connectivity index (χ0v) is 11.3. The number of ether oxygens (including phenoxy) is 1. The number of rotatable bonds is 4. The maximum atomic E-state index is 11.0. The third-order valence-corrected chi connectivity index (χ3v) is 3.43. The number of hydrogen-bond acceptors (Lipinski definition) is 4. The van der Waals surface area contributed by atoms with Crippen LogP contribution in [0.1, 0.15) is 13.3 Å². The molecule has 5 nitrogen and oxygen atoms in total. The molecule has 0 aromatic heterocycles. The first-order valence-electron chi connectivity index (χ1n) is 6.46. The highest BCUT2D eigenvalue weighted by molar-refractivity contribution is 5.69. The molecule has 2 unspecified atom stereocenters. The van der Waals surface area contributed by atoms with Crippen molar-refractivity contribution in [3.8, 4) is 5.75 Å². The number of benzene rings is 1. The van der Waals surface area contributed by atoms with Crippen LogP contribution < -0.4 is 15.0 Å². The van der Waals surface area contributed by atoms with E-state index in [0.717, 1.165) is 18.0 Å². The van der Waals surface area contributed by atoms with Crippen molar-refractivity contribution >= 4 is 11.7 Å². The van der Waals surface area contributed by atoms with Gasteiger partial charge in [-0.05, 0) is 31.2 Å². The number of aliphatic carboxylic acids is 1. The Morgan fingerprint density at radius 1 is 1.47 bits per heavy atom. The van der Waals surface area contributed by atoms with Gasteiger partial charge in [-0.2, -0.15) is 0 Å². The molecule has 19 heavy (non-hydrogen) atoms. The fraction of sp³-hybridized carbons (Fsp3) is 0.500. The predicted molar refractivity (Wildman–Crippen MR) is 73.8 cm³/mol. The number of nitrogens with zero attached hydrogens (tertiary/aromatic N) is 1. The van der Waals surface area contributed by atoms with Gasteiger partial charge in [0.1, 0.15) is 5.75 Å². The molecule has 2 rings (SSSR count). The normalized spacial score (nSPS) is 23.2. The minimum Gasteiger partial charge on any atom is -0.497 e. The highest BCUT2D eigenvalue weighted by Crippen LogP contribution is 2.24. The Hall–Kier alpha value is -1.75. The monoisotopic (exact) mass is 264 g/mol. The van der Waals surface area contributed by atoms with Gasteiger partial charge < -0.3 is 20.1 Å². The van der Waals surface area contributed by atoms with Crippen LogP contribution in [0.15, 0.2) is 24.3 Å². The van der Waals surface area contributed by atoms with Crippen LogP contribution in [0.4, 0.5) is 5.69 Å². The van der Waals surface area contributed by atoms with Crippen molar-refractivity contribution in [3.05, 3.63) is 24.3 Å². The average molecular weight is 264 g/mol. The molecule has 0 bridgehead atoms.